The summed E-state index contributed by atoms with van der Waals surface area (Å²) in [6.07, 6.45) is 1.69. The van der Waals surface area contributed by atoms with Crippen LogP contribution in [-0.2, 0) is 4.79 Å². The topological polar surface area (TPSA) is 55.1 Å². The minimum Gasteiger partial charge on any atom is -0.368 e. The fraction of sp³-hybridized carbons (Fsp3) is 0.533. The van der Waals surface area contributed by atoms with Gasteiger partial charge in [0.1, 0.15) is 0 Å². The Morgan fingerprint density at radius 3 is 2.75 bits per heavy atom. The molecule has 1 aromatic rings. The monoisotopic (exact) mass is 358 g/mol. The van der Waals surface area contributed by atoms with Gasteiger partial charge in [-0.2, -0.15) is 0 Å². The maximum absolute atomic E-state index is 11.6. The van der Waals surface area contributed by atoms with E-state index in [0.717, 1.165) is 23.1 Å². The number of nitrogens with two attached hydrogens (primary N) is 1. The second-order valence-electron chi connectivity index (χ2n) is 5.40. The first-order valence-electron chi connectivity index (χ1n) is 6.79. The highest BCUT2D eigenvalue weighted by Gasteiger charge is 2.30. The Morgan fingerprint density at radius 1 is 1.50 bits per heavy atom. The van der Waals surface area contributed by atoms with Crippen molar-refractivity contribution in [3.05, 3.63) is 28.7 Å². The lowest BCUT2D eigenvalue weighted by atomic mass is 9.94. The molecule has 3 N–H and O–H groups in total. The van der Waals surface area contributed by atoms with Gasteiger partial charge in [-0.3, -0.25) is 4.79 Å². The fourth-order valence-electron chi connectivity index (χ4n) is 2.08. The van der Waals surface area contributed by atoms with Gasteiger partial charge >= 0.3 is 0 Å². The highest BCUT2D eigenvalue weighted by Crippen LogP contribution is 2.24. The lowest BCUT2D eigenvalue weighted by molar-refractivity contribution is -0.124. The van der Waals surface area contributed by atoms with E-state index in [9.17, 15) is 4.79 Å². The molecule has 0 radical (unpaired) electrons. The summed E-state index contributed by atoms with van der Waals surface area (Å²) in [6, 6.07) is 8.48. The zero-order chi connectivity index (χ0) is 15.2. The standard InChI is InChI=1S/C15H23BrN2OS/c1-11(2)18-15(3,14(17)19)8-5-9-20-13-7-4-6-12(16)10-13/h4,6-7,10-11,18H,5,8-9H2,1-3H3,(H2,17,19). The number of primary amides is 1. The number of carbonyl (C=O) groups is 1. The van der Waals surface area contributed by atoms with E-state index in [4.69, 9.17) is 5.73 Å². The molecule has 1 rings (SSSR count). The number of nitrogens with one attached hydrogen (secondary N) is 1. The smallest absolute Gasteiger partial charge is 0.237 e. The van der Waals surface area contributed by atoms with Gasteiger partial charge in [0.25, 0.3) is 0 Å². The molecule has 0 aliphatic heterocycles. The van der Waals surface area contributed by atoms with Crippen LogP contribution in [0.15, 0.2) is 33.6 Å². The molecule has 0 saturated heterocycles. The Hall–Kier alpha value is -0.520. The largest absolute Gasteiger partial charge is 0.368 e. The second kappa shape index (κ2) is 8.05. The SMILES string of the molecule is CC(C)NC(C)(CCCSc1cccc(Br)c1)C(N)=O. The highest BCUT2D eigenvalue weighted by molar-refractivity contribution is 9.10. The van der Waals surface area contributed by atoms with Gasteiger partial charge in [-0.25, -0.2) is 0 Å². The van der Waals surface area contributed by atoms with Crippen molar-refractivity contribution in [3.63, 3.8) is 0 Å². The number of carbonyl (C=O) groups excluding carboxylic acids is 1. The molecule has 0 aliphatic rings. The summed E-state index contributed by atoms with van der Waals surface area (Å²) in [5.41, 5.74) is 4.90. The second-order valence-corrected chi connectivity index (χ2v) is 7.49. The molecule has 5 heteroatoms. The Balaban J connectivity index is 2.43. The van der Waals surface area contributed by atoms with E-state index < -0.39 is 5.54 Å². The first-order valence-corrected chi connectivity index (χ1v) is 8.57. The number of rotatable bonds is 8. The number of halogens is 1. The van der Waals surface area contributed by atoms with Gasteiger partial charge in [-0.15, -0.1) is 11.8 Å². The van der Waals surface area contributed by atoms with E-state index in [1.807, 2.05) is 32.9 Å². The van der Waals surface area contributed by atoms with Crippen LogP contribution < -0.4 is 11.1 Å². The zero-order valence-corrected chi connectivity index (χ0v) is 14.7. The lowest BCUT2D eigenvalue weighted by Gasteiger charge is -2.29. The van der Waals surface area contributed by atoms with Gasteiger partial charge in [0.2, 0.25) is 5.91 Å². The average Bonchev–Trinajstić information content (AvgIpc) is 2.34. The maximum atomic E-state index is 11.6. The number of hydrogen-bond acceptors (Lipinski definition) is 3. The summed E-state index contributed by atoms with van der Waals surface area (Å²) in [4.78, 5) is 12.8. The van der Waals surface area contributed by atoms with Crippen LogP contribution in [0, 0.1) is 0 Å². The molecule has 20 heavy (non-hydrogen) atoms. The van der Waals surface area contributed by atoms with Crippen LogP contribution in [-0.4, -0.2) is 23.2 Å². The predicted molar refractivity (Wildman–Crippen MR) is 90.0 cm³/mol. The van der Waals surface area contributed by atoms with Crippen molar-refractivity contribution < 1.29 is 4.79 Å². The summed E-state index contributed by atoms with van der Waals surface area (Å²) in [6.45, 7) is 5.94. The number of thioether (sulfide) groups is 1. The van der Waals surface area contributed by atoms with Gasteiger partial charge in [-0.1, -0.05) is 22.0 Å². The molecule has 0 fully saturated rings. The molecule has 1 aromatic carbocycles. The molecule has 0 aromatic heterocycles. The molecule has 0 aliphatic carbocycles. The normalized spacial score (nSPS) is 14.2. The molecule has 0 heterocycles. The van der Waals surface area contributed by atoms with Crippen LogP contribution in [0.5, 0.6) is 0 Å². The van der Waals surface area contributed by atoms with Crippen LogP contribution in [0.4, 0.5) is 0 Å². The van der Waals surface area contributed by atoms with Crippen LogP contribution in [0.1, 0.15) is 33.6 Å². The highest BCUT2D eigenvalue weighted by atomic mass is 79.9. The van der Waals surface area contributed by atoms with E-state index in [2.05, 4.69) is 33.4 Å². The van der Waals surface area contributed by atoms with Gasteiger partial charge in [0.15, 0.2) is 0 Å². The zero-order valence-electron chi connectivity index (χ0n) is 12.3. The summed E-state index contributed by atoms with van der Waals surface area (Å²) in [5.74, 6) is 0.692. The molecule has 3 nitrogen and oxygen atoms in total. The molecule has 1 unspecified atom stereocenters. The van der Waals surface area contributed by atoms with Crippen LogP contribution in [0.2, 0.25) is 0 Å². The van der Waals surface area contributed by atoms with E-state index >= 15 is 0 Å². The minimum absolute atomic E-state index is 0.241. The van der Waals surface area contributed by atoms with Gasteiger partial charge in [0, 0.05) is 15.4 Å². The van der Waals surface area contributed by atoms with Crippen LogP contribution >= 0.6 is 27.7 Å². The Morgan fingerprint density at radius 2 is 2.20 bits per heavy atom. The third-order valence-electron chi connectivity index (χ3n) is 3.04. The van der Waals surface area contributed by atoms with Crippen molar-refractivity contribution in [2.45, 2.75) is 50.1 Å². The number of hydrogen-bond donors (Lipinski definition) is 2. The van der Waals surface area contributed by atoms with Crippen LogP contribution in [0.25, 0.3) is 0 Å². The first kappa shape index (κ1) is 17.5. The lowest BCUT2D eigenvalue weighted by Crippen LogP contribution is -2.55. The van der Waals surface area contributed by atoms with E-state index in [1.54, 1.807) is 11.8 Å². The van der Waals surface area contributed by atoms with Crippen molar-refractivity contribution in [3.8, 4) is 0 Å². The quantitative estimate of drug-likeness (QED) is 0.551. The third-order valence-corrected chi connectivity index (χ3v) is 4.61. The van der Waals surface area contributed by atoms with Gasteiger partial charge < -0.3 is 11.1 Å². The molecule has 112 valence electrons. The van der Waals surface area contributed by atoms with E-state index in [-0.39, 0.29) is 11.9 Å². The van der Waals surface area contributed by atoms with Crippen molar-refractivity contribution in [1.29, 1.82) is 0 Å². The first-order chi connectivity index (χ1) is 9.33. The average molecular weight is 359 g/mol. The molecule has 0 spiro atoms. The summed E-state index contributed by atoms with van der Waals surface area (Å²) in [5, 5.41) is 3.27. The van der Waals surface area contributed by atoms with Gasteiger partial charge in [0.05, 0.1) is 5.54 Å². The predicted octanol–water partition coefficient (Wildman–Crippen LogP) is 3.56. The van der Waals surface area contributed by atoms with Crippen molar-refractivity contribution in [2.75, 3.05) is 5.75 Å². The van der Waals surface area contributed by atoms with Crippen molar-refractivity contribution in [2.24, 2.45) is 5.73 Å². The summed E-state index contributed by atoms with van der Waals surface area (Å²) in [7, 11) is 0. The van der Waals surface area contributed by atoms with Crippen molar-refractivity contribution >= 4 is 33.6 Å². The van der Waals surface area contributed by atoms with Crippen LogP contribution in [0.3, 0.4) is 0 Å². The Labute approximate surface area is 134 Å². The minimum atomic E-state index is -0.619. The Kier molecular flexibility index (Phi) is 7.06. The molecular weight excluding hydrogens is 336 g/mol. The van der Waals surface area contributed by atoms with Crippen molar-refractivity contribution in [1.82, 2.24) is 5.32 Å². The van der Waals surface area contributed by atoms with E-state index in [1.165, 1.54) is 4.90 Å². The molecule has 1 amide bonds. The summed E-state index contributed by atoms with van der Waals surface area (Å²) < 4.78 is 1.09. The fourth-order valence-corrected chi connectivity index (χ4v) is 3.54. The Bertz CT molecular complexity index is 453. The maximum Gasteiger partial charge on any atom is 0.237 e. The molecular formula is C15H23BrN2OS. The van der Waals surface area contributed by atoms with E-state index in [0.29, 0.717) is 0 Å². The molecule has 0 saturated carbocycles. The molecule has 0 bridgehead atoms. The summed E-state index contributed by atoms with van der Waals surface area (Å²) >= 11 is 5.26. The molecule has 1 atom stereocenters. The van der Waals surface area contributed by atoms with Gasteiger partial charge in [-0.05, 0) is 57.6 Å². The number of amides is 1. The third kappa shape index (κ3) is 5.85. The number of benzene rings is 1.